The van der Waals surface area contributed by atoms with E-state index in [4.69, 9.17) is 0 Å². The maximum Gasteiger partial charge on any atom is 0.000861 e. The van der Waals surface area contributed by atoms with Gasteiger partial charge in [0.25, 0.3) is 0 Å². The molecule has 1 atom stereocenters. The van der Waals surface area contributed by atoms with Crippen molar-refractivity contribution < 1.29 is 0 Å². The minimum atomic E-state index is -0.0147. The molecule has 12 heavy (non-hydrogen) atoms. The third kappa shape index (κ3) is 1.17. The molecule has 1 aromatic heterocycles. The van der Waals surface area contributed by atoms with E-state index in [0.29, 0.717) is 0 Å². The van der Waals surface area contributed by atoms with E-state index in [1.165, 1.54) is 16.4 Å². The molecule has 1 heteroatoms. The standard InChI is InChI=1S/C11H12P/c1-9-5-3-6-10(9)11-7-4-8-12(11)2/h4,6-8H,3H2,1-2H3. The number of hydrogen-bond donors (Lipinski definition) is 0. The van der Waals surface area contributed by atoms with Crippen LogP contribution in [0.2, 0.25) is 0 Å². The van der Waals surface area contributed by atoms with E-state index in [2.05, 4.69) is 43.7 Å². The average Bonchev–Trinajstić information content (AvgIpc) is 2.59. The molecule has 0 aromatic carbocycles. The molecule has 1 heterocycles. The summed E-state index contributed by atoms with van der Waals surface area (Å²) in [7, 11) is -0.0147. The maximum atomic E-state index is 3.33. The first-order valence-corrected chi connectivity index (χ1v) is 6.04. The lowest BCUT2D eigenvalue weighted by molar-refractivity contribution is 1.36. The van der Waals surface area contributed by atoms with Gasteiger partial charge in [0.15, 0.2) is 0 Å². The average molecular weight is 175 g/mol. The predicted octanol–water partition coefficient (Wildman–Crippen LogP) is 3.75. The molecule has 0 amide bonds. The van der Waals surface area contributed by atoms with Crippen LogP contribution in [-0.4, -0.2) is 0 Å². The normalized spacial score (nSPS) is 17.7. The summed E-state index contributed by atoms with van der Waals surface area (Å²) in [6, 6.07) is 4.42. The zero-order chi connectivity index (χ0) is 8.55. The second-order valence-corrected chi connectivity index (χ2v) is 5.13. The summed E-state index contributed by atoms with van der Waals surface area (Å²) in [4.78, 5) is 0. The van der Waals surface area contributed by atoms with Gasteiger partial charge in [-0.05, 0) is 43.0 Å². The molecular weight excluding hydrogens is 163 g/mol. The van der Waals surface area contributed by atoms with Crippen LogP contribution in [0.15, 0.2) is 29.6 Å². The van der Waals surface area contributed by atoms with E-state index in [-0.39, 0.29) is 7.53 Å². The molecule has 1 aromatic rings. The van der Waals surface area contributed by atoms with E-state index >= 15 is 0 Å². The smallest absolute Gasteiger partial charge is 0.000861 e. The molecule has 0 bridgehead atoms. The topological polar surface area (TPSA) is 0 Å². The molecule has 0 spiro atoms. The van der Waals surface area contributed by atoms with Gasteiger partial charge in [0.2, 0.25) is 0 Å². The van der Waals surface area contributed by atoms with Crippen LogP contribution in [0.5, 0.6) is 0 Å². The number of hydrogen-bond acceptors (Lipinski definition) is 0. The Morgan fingerprint density at radius 1 is 1.50 bits per heavy atom. The summed E-state index contributed by atoms with van der Waals surface area (Å²) in [5, 5.41) is 1.52. The quantitative estimate of drug-likeness (QED) is 0.609. The Hall–Kier alpha value is -0.740. The second kappa shape index (κ2) is 2.95. The molecule has 2 rings (SSSR count). The highest BCUT2D eigenvalue weighted by molar-refractivity contribution is 7.48. The summed E-state index contributed by atoms with van der Waals surface area (Å²) in [5.74, 6) is 2.30. The Labute approximate surface area is 74.7 Å². The van der Waals surface area contributed by atoms with Gasteiger partial charge in [-0.25, -0.2) is 0 Å². The summed E-state index contributed by atoms with van der Waals surface area (Å²) < 4.78 is 0. The molecule has 61 valence electrons. The Kier molecular flexibility index (Phi) is 1.94. The minimum absolute atomic E-state index is 0.0147. The molecule has 0 N–H and O–H groups in total. The van der Waals surface area contributed by atoms with E-state index in [1.807, 2.05) is 0 Å². The van der Waals surface area contributed by atoms with Gasteiger partial charge in [0, 0.05) is 5.30 Å². The van der Waals surface area contributed by atoms with Crippen LogP contribution in [-0.2, 0) is 6.66 Å². The van der Waals surface area contributed by atoms with Crippen molar-refractivity contribution in [1.82, 2.24) is 0 Å². The van der Waals surface area contributed by atoms with Crippen molar-refractivity contribution in [3.63, 3.8) is 0 Å². The van der Waals surface area contributed by atoms with Crippen molar-refractivity contribution in [2.75, 3.05) is 0 Å². The molecule has 0 nitrogen and oxygen atoms in total. The number of aryl methyl sites for hydroxylation is 1. The largest absolute Gasteiger partial charge is 0.120 e. The summed E-state index contributed by atoms with van der Waals surface area (Å²) >= 11 is 0. The Bertz CT molecular complexity index is 353. The lowest BCUT2D eigenvalue weighted by Gasteiger charge is -2.03. The van der Waals surface area contributed by atoms with Gasteiger partial charge in [0.1, 0.15) is 0 Å². The Morgan fingerprint density at radius 3 is 2.83 bits per heavy atom. The van der Waals surface area contributed by atoms with E-state index < -0.39 is 0 Å². The van der Waals surface area contributed by atoms with E-state index in [9.17, 15) is 0 Å². The van der Waals surface area contributed by atoms with Crippen molar-refractivity contribution in [2.45, 2.75) is 13.3 Å². The SMILES string of the molecule is CC1=[C]CC=C1c1cccp1C. The highest BCUT2D eigenvalue weighted by atomic mass is 31.1. The zero-order valence-corrected chi connectivity index (χ0v) is 8.36. The van der Waals surface area contributed by atoms with E-state index in [0.717, 1.165) is 6.42 Å². The molecular formula is C11H12P. The van der Waals surface area contributed by atoms with Gasteiger partial charge >= 0.3 is 0 Å². The lowest BCUT2D eigenvalue weighted by atomic mass is 10.1. The van der Waals surface area contributed by atoms with Gasteiger partial charge in [-0.2, -0.15) is 0 Å². The van der Waals surface area contributed by atoms with Crippen molar-refractivity contribution >= 4 is 13.1 Å². The molecule has 0 fully saturated rings. The van der Waals surface area contributed by atoms with Crippen molar-refractivity contribution in [1.29, 1.82) is 0 Å². The fourth-order valence-electron chi connectivity index (χ4n) is 1.59. The van der Waals surface area contributed by atoms with Gasteiger partial charge < -0.3 is 0 Å². The highest BCUT2D eigenvalue weighted by Crippen LogP contribution is 2.40. The molecule has 1 aliphatic rings. The first kappa shape index (κ1) is 7.89. The molecule has 1 aliphatic carbocycles. The third-order valence-electron chi connectivity index (χ3n) is 2.30. The molecule has 0 saturated heterocycles. The minimum Gasteiger partial charge on any atom is -0.120 e. The van der Waals surface area contributed by atoms with Crippen LogP contribution >= 0.6 is 7.53 Å². The number of allylic oxidation sites excluding steroid dienone is 4. The highest BCUT2D eigenvalue weighted by Gasteiger charge is 2.09. The fraction of sp³-hybridized carbons (Fsp3) is 0.273. The molecule has 0 aliphatic heterocycles. The van der Waals surface area contributed by atoms with Crippen LogP contribution in [0.25, 0.3) is 5.57 Å². The van der Waals surface area contributed by atoms with Crippen LogP contribution < -0.4 is 0 Å². The van der Waals surface area contributed by atoms with Gasteiger partial charge in [-0.15, -0.1) is 7.53 Å². The van der Waals surface area contributed by atoms with Crippen molar-refractivity contribution in [2.24, 2.45) is 6.66 Å². The monoisotopic (exact) mass is 175 g/mol. The lowest BCUT2D eigenvalue weighted by Crippen LogP contribution is -1.77. The zero-order valence-electron chi connectivity index (χ0n) is 7.46. The summed E-state index contributed by atoms with van der Waals surface area (Å²) in [6.07, 6.45) is 6.62. The Morgan fingerprint density at radius 2 is 2.33 bits per heavy atom. The van der Waals surface area contributed by atoms with E-state index in [1.54, 1.807) is 0 Å². The van der Waals surface area contributed by atoms with Crippen LogP contribution in [0, 0.1) is 6.08 Å². The van der Waals surface area contributed by atoms with Crippen molar-refractivity contribution in [3.05, 3.63) is 41.0 Å². The van der Waals surface area contributed by atoms with Gasteiger partial charge in [-0.3, -0.25) is 0 Å². The van der Waals surface area contributed by atoms with Crippen LogP contribution in [0.4, 0.5) is 0 Å². The van der Waals surface area contributed by atoms with Crippen LogP contribution in [0.1, 0.15) is 18.6 Å². The first-order valence-electron chi connectivity index (χ1n) is 4.18. The number of rotatable bonds is 1. The maximum absolute atomic E-state index is 3.33. The van der Waals surface area contributed by atoms with Crippen LogP contribution in [0.3, 0.4) is 0 Å². The third-order valence-corrected chi connectivity index (χ3v) is 4.07. The van der Waals surface area contributed by atoms with Gasteiger partial charge in [0.05, 0.1) is 0 Å². The molecule has 1 unspecified atom stereocenters. The molecule has 0 saturated carbocycles. The molecule has 1 radical (unpaired) electrons. The first-order chi connectivity index (χ1) is 5.79. The predicted molar refractivity (Wildman–Crippen MR) is 55.2 cm³/mol. The Balaban J connectivity index is 2.44. The summed E-state index contributed by atoms with van der Waals surface area (Å²) in [6.45, 7) is 4.46. The fourth-order valence-corrected chi connectivity index (χ4v) is 3.06. The summed E-state index contributed by atoms with van der Waals surface area (Å²) in [5.41, 5.74) is 2.77. The van der Waals surface area contributed by atoms with Gasteiger partial charge in [-0.1, -0.05) is 18.2 Å². The van der Waals surface area contributed by atoms with Crippen molar-refractivity contribution in [3.8, 4) is 0 Å². The second-order valence-electron chi connectivity index (χ2n) is 3.13.